The fourth-order valence-corrected chi connectivity index (χ4v) is 9.36. The first kappa shape index (κ1) is 22.9. The summed E-state index contributed by atoms with van der Waals surface area (Å²) in [6.07, 6.45) is 4.90. The van der Waals surface area contributed by atoms with Crippen LogP contribution in [0.4, 0.5) is 8.78 Å². The van der Waals surface area contributed by atoms with Gasteiger partial charge in [-0.1, -0.05) is 103 Å². The SMILES string of the molecule is C=P(c1cc(F)ccc1F)(c1cc2ccccc2c2ccccc12)c1cc2ccccc2c2ccccc12. The first-order chi connectivity index (χ1) is 18.6. The van der Waals surface area contributed by atoms with E-state index in [0.717, 1.165) is 53.7 Å². The van der Waals surface area contributed by atoms with Gasteiger partial charge in [-0.15, -0.1) is 0 Å². The molecule has 38 heavy (non-hydrogen) atoms. The van der Waals surface area contributed by atoms with E-state index in [4.69, 9.17) is 6.30 Å². The Labute approximate surface area is 219 Å². The third-order valence-corrected chi connectivity index (χ3v) is 11.2. The highest BCUT2D eigenvalue weighted by Gasteiger charge is 2.30. The number of hydrogen-bond acceptors (Lipinski definition) is 0. The maximum absolute atomic E-state index is 15.9. The minimum atomic E-state index is -2.96. The van der Waals surface area contributed by atoms with E-state index in [-0.39, 0.29) is 0 Å². The van der Waals surface area contributed by atoms with E-state index in [0.29, 0.717) is 5.30 Å². The Morgan fingerprint density at radius 3 is 1.34 bits per heavy atom. The summed E-state index contributed by atoms with van der Waals surface area (Å²) in [5, 5.41) is 10.7. The van der Waals surface area contributed by atoms with Crippen molar-refractivity contribution in [3.8, 4) is 0 Å². The zero-order valence-corrected chi connectivity index (χ0v) is 21.4. The minimum Gasteiger partial charge on any atom is -0.207 e. The molecule has 0 saturated carbocycles. The molecule has 0 aliphatic carbocycles. The molecule has 0 amide bonds. The average Bonchev–Trinajstić information content (AvgIpc) is 2.97. The van der Waals surface area contributed by atoms with Crippen LogP contribution in [0.25, 0.3) is 43.1 Å². The molecule has 0 bridgehead atoms. The van der Waals surface area contributed by atoms with Crippen LogP contribution in [0, 0.1) is 11.6 Å². The normalized spacial score (nSPS) is 12.1. The minimum absolute atomic E-state index is 0.318. The number of fused-ring (bicyclic) bond motifs is 6. The first-order valence-electron chi connectivity index (χ1n) is 12.6. The Morgan fingerprint density at radius 1 is 0.421 bits per heavy atom. The summed E-state index contributed by atoms with van der Waals surface area (Å²) >= 11 is 0. The molecule has 0 unspecified atom stereocenters. The Morgan fingerprint density at radius 2 is 0.842 bits per heavy atom. The van der Waals surface area contributed by atoms with Crippen molar-refractivity contribution in [2.75, 3.05) is 0 Å². The Bertz CT molecular complexity index is 1970. The fraction of sp³-hybridized carbons (Fsp3) is 0. The lowest BCUT2D eigenvalue weighted by Gasteiger charge is -2.30. The van der Waals surface area contributed by atoms with Crippen molar-refractivity contribution in [3.05, 3.63) is 139 Å². The summed E-state index contributed by atoms with van der Waals surface area (Å²) in [5.41, 5.74) is 0. The van der Waals surface area contributed by atoms with Crippen LogP contribution >= 0.6 is 6.89 Å². The van der Waals surface area contributed by atoms with Crippen LogP contribution in [0.15, 0.2) is 127 Å². The van der Waals surface area contributed by atoms with E-state index in [1.807, 2.05) is 48.5 Å². The van der Waals surface area contributed by atoms with Gasteiger partial charge in [-0.25, -0.2) is 8.78 Å². The van der Waals surface area contributed by atoms with E-state index in [2.05, 4.69) is 60.7 Å². The van der Waals surface area contributed by atoms with Gasteiger partial charge in [-0.3, -0.25) is 0 Å². The van der Waals surface area contributed by atoms with Crippen molar-refractivity contribution in [2.45, 2.75) is 0 Å². The van der Waals surface area contributed by atoms with E-state index >= 15 is 4.39 Å². The molecule has 0 heterocycles. The number of hydrogen-bond donors (Lipinski definition) is 0. The molecule has 0 fully saturated rings. The molecular weight excluding hydrogens is 489 g/mol. The molecule has 7 aromatic rings. The third kappa shape index (κ3) is 3.34. The predicted octanol–water partition coefficient (Wildman–Crippen LogP) is 8.30. The Kier molecular flexibility index (Phi) is 5.21. The van der Waals surface area contributed by atoms with Crippen molar-refractivity contribution in [2.24, 2.45) is 0 Å². The van der Waals surface area contributed by atoms with Gasteiger partial charge in [0.15, 0.2) is 0 Å². The van der Waals surface area contributed by atoms with Gasteiger partial charge in [0.1, 0.15) is 11.6 Å². The van der Waals surface area contributed by atoms with Crippen molar-refractivity contribution in [3.63, 3.8) is 0 Å². The molecule has 182 valence electrons. The molecule has 0 spiro atoms. The smallest absolute Gasteiger partial charge is 0.131 e. The highest BCUT2D eigenvalue weighted by Crippen LogP contribution is 2.48. The van der Waals surface area contributed by atoms with Crippen molar-refractivity contribution in [1.82, 2.24) is 0 Å². The van der Waals surface area contributed by atoms with Crippen molar-refractivity contribution in [1.29, 1.82) is 0 Å². The Hall–Kier alpha value is -4.26. The second kappa shape index (κ2) is 8.65. The average molecular weight is 513 g/mol. The molecule has 0 atom stereocenters. The third-order valence-electron chi connectivity index (χ3n) is 7.63. The number of halogens is 2. The maximum atomic E-state index is 15.9. The van der Waals surface area contributed by atoms with E-state index < -0.39 is 18.5 Å². The van der Waals surface area contributed by atoms with E-state index in [1.165, 1.54) is 18.2 Å². The fourth-order valence-electron chi connectivity index (χ4n) is 5.87. The van der Waals surface area contributed by atoms with Crippen LogP contribution in [0.5, 0.6) is 0 Å². The summed E-state index contributed by atoms with van der Waals surface area (Å²) in [6.45, 7) is -2.96. The lowest BCUT2D eigenvalue weighted by Crippen LogP contribution is -2.29. The molecule has 0 aliphatic rings. The summed E-state index contributed by atoms with van der Waals surface area (Å²) in [6, 6.07) is 40.9. The molecule has 0 N–H and O–H groups in total. The first-order valence-corrected chi connectivity index (χ1v) is 14.5. The highest BCUT2D eigenvalue weighted by molar-refractivity contribution is 7.94. The van der Waals surface area contributed by atoms with Crippen LogP contribution < -0.4 is 15.9 Å². The molecule has 3 heteroatoms. The van der Waals surface area contributed by atoms with Crippen molar-refractivity contribution < 1.29 is 8.78 Å². The molecule has 0 aliphatic heterocycles. The van der Waals surface area contributed by atoms with Crippen LogP contribution in [0.1, 0.15) is 0 Å². The quantitative estimate of drug-likeness (QED) is 0.165. The monoisotopic (exact) mass is 512 g/mol. The summed E-state index contributed by atoms with van der Waals surface area (Å²) < 4.78 is 30.8. The number of rotatable bonds is 3. The van der Waals surface area contributed by atoms with Crippen LogP contribution in [-0.2, 0) is 0 Å². The van der Waals surface area contributed by atoms with Gasteiger partial charge < -0.3 is 0 Å². The van der Waals surface area contributed by atoms with Gasteiger partial charge in [0.2, 0.25) is 0 Å². The molecule has 0 nitrogen and oxygen atoms in total. The van der Waals surface area contributed by atoms with Crippen LogP contribution in [0.2, 0.25) is 0 Å². The van der Waals surface area contributed by atoms with E-state index in [9.17, 15) is 4.39 Å². The van der Waals surface area contributed by atoms with Gasteiger partial charge in [0.05, 0.1) is 0 Å². The molecule has 7 rings (SSSR count). The highest BCUT2D eigenvalue weighted by atomic mass is 31.2. The van der Waals surface area contributed by atoms with Crippen molar-refractivity contribution >= 4 is 72.2 Å². The Balaban J connectivity index is 1.73. The molecular formula is C35H23F2P. The number of benzene rings is 7. The summed E-state index contributed by atoms with van der Waals surface area (Å²) in [4.78, 5) is 0. The van der Waals surface area contributed by atoms with Gasteiger partial charge in [-0.2, -0.15) is 0 Å². The van der Waals surface area contributed by atoms with Crippen LogP contribution in [0.3, 0.4) is 0 Å². The van der Waals surface area contributed by atoms with Gasteiger partial charge >= 0.3 is 0 Å². The topological polar surface area (TPSA) is 0 Å². The van der Waals surface area contributed by atoms with Gasteiger partial charge in [0.25, 0.3) is 0 Å². The zero-order valence-electron chi connectivity index (χ0n) is 20.5. The molecule has 0 aromatic heterocycles. The second-order valence-corrected chi connectivity index (χ2v) is 12.8. The van der Waals surface area contributed by atoms with E-state index in [1.54, 1.807) is 0 Å². The van der Waals surface area contributed by atoms with Gasteiger partial charge in [-0.05, 0) is 90.9 Å². The lowest BCUT2D eigenvalue weighted by molar-refractivity contribution is 0.607. The molecule has 0 saturated heterocycles. The summed E-state index contributed by atoms with van der Waals surface area (Å²) in [5.74, 6) is -0.908. The second-order valence-electron chi connectivity index (χ2n) is 9.73. The maximum Gasteiger partial charge on any atom is 0.131 e. The predicted molar refractivity (Wildman–Crippen MR) is 162 cm³/mol. The molecule has 0 radical (unpaired) electrons. The summed E-state index contributed by atoms with van der Waals surface area (Å²) in [7, 11) is 0. The zero-order chi connectivity index (χ0) is 25.9. The van der Waals surface area contributed by atoms with Gasteiger partial charge in [0, 0.05) is 5.30 Å². The lowest BCUT2D eigenvalue weighted by atomic mass is 10.0. The standard InChI is InChI=1S/C35H23F2P/c1-38(35-22-25(36)18-19-32(35)37,33-20-23-10-2-4-12-26(23)28-14-6-8-16-30(28)33)34-21-24-11-3-5-13-27(24)29-15-7-9-17-31(29)34/h2-22H,1H2. The van der Waals surface area contributed by atoms with Crippen LogP contribution in [-0.4, -0.2) is 6.30 Å². The molecule has 7 aromatic carbocycles. The largest absolute Gasteiger partial charge is 0.207 e.